The third kappa shape index (κ3) is 2.86. The molecule has 1 aromatic heterocycles. The van der Waals surface area contributed by atoms with E-state index in [9.17, 15) is 4.79 Å². The molecule has 24 heavy (non-hydrogen) atoms. The second-order valence-corrected chi connectivity index (χ2v) is 7.03. The van der Waals surface area contributed by atoms with Crippen LogP contribution in [0.5, 0.6) is 11.5 Å². The molecule has 0 N–H and O–H groups in total. The molecule has 5 nitrogen and oxygen atoms in total. The maximum Gasteiger partial charge on any atom is 0.233 e. The molecule has 3 heterocycles. The highest BCUT2D eigenvalue weighted by Crippen LogP contribution is 2.34. The number of amides is 1. The van der Waals surface area contributed by atoms with E-state index in [1.807, 2.05) is 29.2 Å². The van der Waals surface area contributed by atoms with Gasteiger partial charge in [-0.25, -0.2) is 0 Å². The van der Waals surface area contributed by atoms with Crippen molar-refractivity contribution in [2.75, 3.05) is 25.5 Å². The topological polar surface area (TPSA) is 43.7 Å². The van der Waals surface area contributed by atoms with Crippen LogP contribution in [-0.4, -0.2) is 40.9 Å². The third-order valence-corrected chi connectivity index (χ3v) is 5.52. The van der Waals surface area contributed by atoms with Gasteiger partial charge in [-0.1, -0.05) is 0 Å². The Morgan fingerprint density at radius 2 is 2.04 bits per heavy atom. The molecule has 0 spiro atoms. The number of ether oxygens (including phenoxy) is 2. The monoisotopic (exact) mass is 344 g/mol. The zero-order valence-electron chi connectivity index (χ0n) is 13.6. The molecule has 126 valence electrons. The van der Waals surface area contributed by atoms with E-state index >= 15 is 0 Å². The quantitative estimate of drug-likeness (QED) is 0.803. The summed E-state index contributed by atoms with van der Waals surface area (Å²) in [5, 5.41) is 0. The van der Waals surface area contributed by atoms with Crippen molar-refractivity contribution >= 4 is 17.7 Å². The molecule has 0 saturated heterocycles. The minimum absolute atomic E-state index is 0.127. The Morgan fingerprint density at radius 1 is 1.21 bits per heavy atom. The molecule has 2 aliphatic rings. The van der Waals surface area contributed by atoms with E-state index in [0.717, 1.165) is 29.5 Å². The number of hydrogen-bond acceptors (Lipinski definition) is 4. The summed E-state index contributed by atoms with van der Waals surface area (Å²) in [6.45, 7) is 4.89. The van der Waals surface area contributed by atoms with Crippen molar-refractivity contribution < 1.29 is 14.3 Å². The third-order valence-electron chi connectivity index (χ3n) is 4.54. The van der Waals surface area contributed by atoms with Gasteiger partial charge < -0.3 is 18.9 Å². The van der Waals surface area contributed by atoms with Crippen molar-refractivity contribution in [1.29, 1.82) is 0 Å². The first kappa shape index (κ1) is 15.4. The fourth-order valence-electron chi connectivity index (χ4n) is 3.26. The van der Waals surface area contributed by atoms with Crippen LogP contribution in [0, 0.1) is 0 Å². The molecule has 2 aliphatic heterocycles. The lowest BCUT2D eigenvalue weighted by molar-refractivity contribution is -0.131. The van der Waals surface area contributed by atoms with E-state index in [1.54, 1.807) is 11.8 Å². The number of fused-ring (bicyclic) bond motifs is 2. The number of nitrogens with zero attached hydrogens (tertiary/aromatic N) is 2. The normalized spacial score (nSPS) is 19.0. The molecule has 0 fully saturated rings. The van der Waals surface area contributed by atoms with Crippen molar-refractivity contribution in [2.24, 2.45) is 0 Å². The number of rotatable bonds is 3. The summed E-state index contributed by atoms with van der Waals surface area (Å²) < 4.78 is 13.3. The molecular weight excluding hydrogens is 324 g/mol. The predicted molar refractivity (Wildman–Crippen MR) is 92.7 cm³/mol. The second kappa shape index (κ2) is 6.43. The highest BCUT2D eigenvalue weighted by atomic mass is 32.2. The van der Waals surface area contributed by atoms with Crippen LogP contribution in [0.4, 0.5) is 0 Å². The fourth-order valence-corrected chi connectivity index (χ4v) is 4.07. The molecule has 1 aromatic carbocycles. The van der Waals surface area contributed by atoms with Gasteiger partial charge in [0, 0.05) is 29.9 Å². The van der Waals surface area contributed by atoms with E-state index in [1.165, 1.54) is 5.69 Å². The first-order chi connectivity index (χ1) is 11.7. The van der Waals surface area contributed by atoms with Gasteiger partial charge in [0.05, 0.1) is 11.8 Å². The van der Waals surface area contributed by atoms with Crippen LogP contribution < -0.4 is 9.47 Å². The van der Waals surface area contributed by atoms with Crippen molar-refractivity contribution in [1.82, 2.24) is 9.47 Å². The standard InChI is InChI=1S/C18H20N2O3S/c1-13-15-3-2-6-19(15)7-8-20(13)18(21)12-24-14-4-5-16-17(11-14)23-10-9-22-16/h2-6,11,13H,7-10,12H2,1H3. The molecule has 0 radical (unpaired) electrons. The Labute approximate surface area is 145 Å². The zero-order chi connectivity index (χ0) is 16.5. The van der Waals surface area contributed by atoms with E-state index in [0.29, 0.717) is 19.0 Å². The molecule has 1 atom stereocenters. The smallest absolute Gasteiger partial charge is 0.233 e. The minimum Gasteiger partial charge on any atom is -0.486 e. The first-order valence-electron chi connectivity index (χ1n) is 8.19. The Hall–Kier alpha value is -2.08. The van der Waals surface area contributed by atoms with Crippen LogP contribution in [-0.2, 0) is 11.3 Å². The number of thioether (sulfide) groups is 1. The fraction of sp³-hybridized carbons (Fsp3) is 0.389. The lowest BCUT2D eigenvalue weighted by atomic mass is 10.1. The molecular formula is C18H20N2O3S. The summed E-state index contributed by atoms with van der Waals surface area (Å²) in [6, 6.07) is 10.1. The lowest BCUT2D eigenvalue weighted by Crippen LogP contribution is -2.41. The molecule has 6 heteroatoms. The summed E-state index contributed by atoms with van der Waals surface area (Å²) in [5.41, 5.74) is 1.21. The van der Waals surface area contributed by atoms with Crippen LogP contribution >= 0.6 is 11.8 Å². The second-order valence-electron chi connectivity index (χ2n) is 5.98. The summed E-state index contributed by atoms with van der Waals surface area (Å²) in [5.74, 6) is 2.16. The summed E-state index contributed by atoms with van der Waals surface area (Å²) >= 11 is 1.55. The largest absolute Gasteiger partial charge is 0.486 e. The van der Waals surface area contributed by atoms with Crippen LogP contribution in [0.15, 0.2) is 41.4 Å². The summed E-state index contributed by atoms with van der Waals surface area (Å²) in [6.07, 6.45) is 2.08. The lowest BCUT2D eigenvalue weighted by Gasteiger charge is -2.35. The molecule has 2 aromatic rings. The molecule has 0 saturated carbocycles. The Morgan fingerprint density at radius 3 is 2.92 bits per heavy atom. The Bertz CT molecular complexity index is 758. The van der Waals surface area contributed by atoms with Crippen LogP contribution in [0.2, 0.25) is 0 Å². The van der Waals surface area contributed by atoms with Crippen molar-refractivity contribution in [3.8, 4) is 11.5 Å². The van der Waals surface area contributed by atoms with E-state index < -0.39 is 0 Å². The summed E-state index contributed by atoms with van der Waals surface area (Å²) in [7, 11) is 0. The maximum atomic E-state index is 12.6. The number of aromatic nitrogens is 1. The molecule has 4 rings (SSSR count). The van der Waals surface area contributed by atoms with Gasteiger partial charge in [0.1, 0.15) is 13.2 Å². The van der Waals surface area contributed by atoms with E-state index in [2.05, 4.69) is 23.8 Å². The van der Waals surface area contributed by atoms with Gasteiger partial charge in [0.15, 0.2) is 11.5 Å². The highest BCUT2D eigenvalue weighted by Gasteiger charge is 2.27. The van der Waals surface area contributed by atoms with Gasteiger partial charge in [-0.2, -0.15) is 0 Å². The predicted octanol–water partition coefficient (Wildman–Crippen LogP) is 2.95. The van der Waals surface area contributed by atoms with Gasteiger partial charge in [-0.3, -0.25) is 4.79 Å². The maximum absolute atomic E-state index is 12.6. The highest BCUT2D eigenvalue weighted by molar-refractivity contribution is 8.00. The molecule has 1 unspecified atom stereocenters. The van der Waals surface area contributed by atoms with Crippen LogP contribution in [0.1, 0.15) is 18.7 Å². The van der Waals surface area contributed by atoms with Gasteiger partial charge in [-0.05, 0) is 37.3 Å². The molecule has 0 aliphatic carbocycles. The van der Waals surface area contributed by atoms with E-state index in [4.69, 9.17) is 9.47 Å². The van der Waals surface area contributed by atoms with Gasteiger partial charge >= 0.3 is 0 Å². The molecule has 0 bridgehead atoms. The van der Waals surface area contributed by atoms with Crippen LogP contribution in [0.3, 0.4) is 0 Å². The molecule has 1 amide bonds. The van der Waals surface area contributed by atoms with Crippen molar-refractivity contribution in [3.63, 3.8) is 0 Å². The van der Waals surface area contributed by atoms with Gasteiger partial charge in [0.2, 0.25) is 5.91 Å². The summed E-state index contributed by atoms with van der Waals surface area (Å²) in [4.78, 5) is 15.6. The average Bonchev–Trinajstić information content (AvgIpc) is 3.09. The number of benzene rings is 1. The average molecular weight is 344 g/mol. The van der Waals surface area contributed by atoms with Crippen molar-refractivity contribution in [2.45, 2.75) is 24.4 Å². The Balaban J connectivity index is 1.40. The number of hydrogen-bond donors (Lipinski definition) is 0. The Kier molecular flexibility index (Phi) is 4.14. The van der Waals surface area contributed by atoms with Crippen molar-refractivity contribution in [3.05, 3.63) is 42.2 Å². The number of carbonyl (C=O) groups excluding carboxylic acids is 1. The minimum atomic E-state index is 0.127. The SMILES string of the molecule is CC1c2cccn2CCN1C(=O)CSc1ccc2c(c1)OCCO2. The number of carbonyl (C=O) groups is 1. The van der Waals surface area contributed by atoms with Crippen LogP contribution in [0.25, 0.3) is 0 Å². The first-order valence-corrected chi connectivity index (χ1v) is 9.18. The van der Waals surface area contributed by atoms with Gasteiger partial charge in [-0.15, -0.1) is 11.8 Å². The zero-order valence-corrected chi connectivity index (χ0v) is 14.4. The van der Waals surface area contributed by atoms with E-state index in [-0.39, 0.29) is 11.9 Å². The van der Waals surface area contributed by atoms with Gasteiger partial charge in [0.25, 0.3) is 0 Å².